The highest BCUT2D eigenvalue weighted by Gasteiger charge is 2.40. The van der Waals surface area contributed by atoms with Gasteiger partial charge in [0.1, 0.15) is 5.75 Å². The van der Waals surface area contributed by atoms with Crippen LogP contribution in [0.2, 0.25) is 0 Å². The van der Waals surface area contributed by atoms with Crippen LogP contribution < -0.4 is 10.1 Å². The van der Waals surface area contributed by atoms with E-state index in [2.05, 4.69) is 17.1 Å². The molecule has 5 heteroatoms. The van der Waals surface area contributed by atoms with Gasteiger partial charge in [-0.05, 0) is 70.0 Å². The van der Waals surface area contributed by atoms with Gasteiger partial charge in [-0.1, -0.05) is 29.0 Å². The average Bonchev–Trinajstić information content (AvgIpc) is 3.09. The standard InChI is InChI=1S/C20H24N2O2S/c1-13-3-5-16(6-4-13)24-18-8-7-17(25-18)20(23)21-19-14(2)22-11-9-15(19)10-12-22/h3-8,14-15,19H,9-12H2,1-2H3,(H,21,23). The number of hydrogen-bond acceptors (Lipinski definition) is 4. The number of carbonyl (C=O) groups is 1. The Balaban J connectivity index is 1.41. The van der Waals surface area contributed by atoms with Gasteiger partial charge in [0.25, 0.3) is 5.91 Å². The summed E-state index contributed by atoms with van der Waals surface area (Å²) < 4.78 is 5.85. The zero-order valence-corrected chi connectivity index (χ0v) is 15.5. The van der Waals surface area contributed by atoms with Crippen LogP contribution in [-0.2, 0) is 0 Å². The van der Waals surface area contributed by atoms with Crippen LogP contribution in [0.15, 0.2) is 36.4 Å². The smallest absolute Gasteiger partial charge is 0.261 e. The van der Waals surface area contributed by atoms with Crippen LogP contribution in [0.3, 0.4) is 0 Å². The zero-order chi connectivity index (χ0) is 17.4. The van der Waals surface area contributed by atoms with Crippen LogP contribution in [0.5, 0.6) is 10.8 Å². The molecule has 5 rings (SSSR count). The van der Waals surface area contributed by atoms with E-state index in [1.165, 1.54) is 42.8 Å². The molecule has 1 aromatic heterocycles. The average molecular weight is 356 g/mol. The summed E-state index contributed by atoms with van der Waals surface area (Å²) in [4.78, 5) is 15.9. The Labute approximate surface area is 152 Å². The summed E-state index contributed by atoms with van der Waals surface area (Å²) in [5.41, 5.74) is 1.20. The van der Waals surface area contributed by atoms with Gasteiger partial charge in [0.2, 0.25) is 0 Å². The summed E-state index contributed by atoms with van der Waals surface area (Å²) in [6.07, 6.45) is 2.39. The molecule has 1 amide bonds. The van der Waals surface area contributed by atoms with E-state index in [1.54, 1.807) is 0 Å². The van der Waals surface area contributed by atoms with Gasteiger partial charge < -0.3 is 10.1 Å². The van der Waals surface area contributed by atoms with E-state index in [4.69, 9.17) is 4.74 Å². The second-order valence-corrected chi connectivity index (χ2v) is 8.19. The summed E-state index contributed by atoms with van der Waals surface area (Å²) in [5.74, 6) is 1.44. The highest BCUT2D eigenvalue weighted by molar-refractivity contribution is 7.15. The Morgan fingerprint density at radius 2 is 1.88 bits per heavy atom. The van der Waals surface area contributed by atoms with Gasteiger partial charge in [-0.25, -0.2) is 0 Å². The van der Waals surface area contributed by atoms with E-state index in [0.29, 0.717) is 16.8 Å². The normalized spacial score (nSPS) is 27.9. The number of fused-ring (bicyclic) bond motifs is 3. The third kappa shape index (κ3) is 3.44. The Morgan fingerprint density at radius 3 is 2.56 bits per heavy atom. The fraction of sp³-hybridized carbons (Fsp3) is 0.450. The van der Waals surface area contributed by atoms with E-state index >= 15 is 0 Å². The van der Waals surface area contributed by atoms with Gasteiger partial charge in [0.05, 0.1) is 4.88 Å². The molecular weight excluding hydrogens is 332 g/mol. The first kappa shape index (κ1) is 16.6. The molecule has 3 fully saturated rings. The Kier molecular flexibility index (Phi) is 4.52. The van der Waals surface area contributed by atoms with Crippen molar-refractivity contribution in [3.05, 3.63) is 46.8 Å². The number of hydrogen-bond donors (Lipinski definition) is 1. The van der Waals surface area contributed by atoms with Crippen LogP contribution >= 0.6 is 11.3 Å². The van der Waals surface area contributed by atoms with Gasteiger partial charge in [0, 0.05) is 12.1 Å². The van der Waals surface area contributed by atoms with Crippen LogP contribution in [0.1, 0.15) is 35.0 Å². The van der Waals surface area contributed by atoms with Gasteiger partial charge >= 0.3 is 0 Å². The van der Waals surface area contributed by atoms with Crippen molar-refractivity contribution in [1.82, 2.24) is 10.2 Å². The SMILES string of the molecule is Cc1ccc(Oc2ccc(C(=O)NC3C4CCN(CC4)C3C)s2)cc1. The quantitative estimate of drug-likeness (QED) is 0.898. The van der Waals surface area contributed by atoms with Crippen LogP contribution in [-0.4, -0.2) is 36.0 Å². The Bertz CT molecular complexity index is 745. The molecule has 2 atom stereocenters. The lowest BCUT2D eigenvalue weighted by Crippen LogP contribution is -2.62. The molecule has 3 aliphatic rings. The predicted octanol–water partition coefficient (Wildman–Crippen LogP) is 4.06. The topological polar surface area (TPSA) is 41.6 Å². The van der Waals surface area contributed by atoms with Gasteiger partial charge in [-0.3, -0.25) is 9.69 Å². The van der Waals surface area contributed by atoms with Gasteiger partial charge in [0.15, 0.2) is 5.06 Å². The van der Waals surface area contributed by atoms with Crippen molar-refractivity contribution in [1.29, 1.82) is 0 Å². The second kappa shape index (κ2) is 6.81. The predicted molar refractivity (Wildman–Crippen MR) is 101 cm³/mol. The molecule has 132 valence electrons. The molecule has 0 radical (unpaired) electrons. The Morgan fingerprint density at radius 1 is 1.16 bits per heavy atom. The second-order valence-electron chi connectivity index (χ2n) is 7.15. The molecule has 4 heterocycles. The number of thiophene rings is 1. The third-order valence-electron chi connectivity index (χ3n) is 5.52. The molecule has 3 saturated heterocycles. The molecule has 1 N–H and O–H groups in total. The molecule has 0 saturated carbocycles. The first-order valence-electron chi connectivity index (χ1n) is 8.99. The molecule has 25 heavy (non-hydrogen) atoms. The molecule has 4 nitrogen and oxygen atoms in total. The van der Waals surface area contributed by atoms with E-state index in [0.717, 1.165) is 10.8 Å². The highest BCUT2D eigenvalue weighted by atomic mass is 32.1. The maximum absolute atomic E-state index is 12.7. The molecular formula is C20H24N2O2S. The zero-order valence-electron chi connectivity index (χ0n) is 14.7. The number of benzene rings is 1. The summed E-state index contributed by atoms with van der Waals surface area (Å²) >= 11 is 1.40. The minimum atomic E-state index is 0.0226. The summed E-state index contributed by atoms with van der Waals surface area (Å²) in [6.45, 7) is 6.63. The molecule has 2 unspecified atom stereocenters. The van der Waals surface area contributed by atoms with Crippen molar-refractivity contribution in [2.75, 3.05) is 13.1 Å². The van der Waals surface area contributed by atoms with E-state index < -0.39 is 0 Å². The highest BCUT2D eigenvalue weighted by Crippen LogP contribution is 2.33. The molecule has 3 aliphatic heterocycles. The number of rotatable bonds is 4. The van der Waals surface area contributed by atoms with Crippen LogP contribution in [0.25, 0.3) is 0 Å². The number of ether oxygens (including phenoxy) is 1. The number of nitrogens with one attached hydrogen (secondary N) is 1. The van der Waals surface area contributed by atoms with E-state index in [1.807, 2.05) is 43.3 Å². The molecule has 0 spiro atoms. The first-order valence-corrected chi connectivity index (χ1v) is 9.81. The fourth-order valence-electron chi connectivity index (χ4n) is 3.99. The van der Waals surface area contributed by atoms with Crippen molar-refractivity contribution < 1.29 is 9.53 Å². The Hall–Kier alpha value is -1.85. The van der Waals surface area contributed by atoms with E-state index in [-0.39, 0.29) is 11.9 Å². The maximum Gasteiger partial charge on any atom is 0.261 e. The van der Waals surface area contributed by atoms with Crippen molar-refractivity contribution in [3.8, 4) is 10.8 Å². The number of amides is 1. The largest absolute Gasteiger partial charge is 0.447 e. The number of piperidine rings is 3. The first-order chi connectivity index (χ1) is 12.1. The van der Waals surface area contributed by atoms with Gasteiger partial charge in [-0.2, -0.15) is 0 Å². The van der Waals surface area contributed by atoms with Gasteiger partial charge in [-0.15, -0.1) is 0 Å². The number of aryl methyl sites for hydroxylation is 1. The molecule has 0 aliphatic carbocycles. The van der Waals surface area contributed by atoms with Crippen molar-refractivity contribution in [2.45, 2.75) is 38.8 Å². The van der Waals surface area contributed by atoms with Crippen molar-refractivity contribution in [2.24, 2.45) is 5.92 Å². The molecule has 1 aromatic carbocycles. The summed E-state index contributed by atoms with van der Waals surface area (Å²) in [7, 11) is 0. The monoisotopic (exact) mass is 356 g/mol. The third-order valence-corrected chi connectivity index (χ3v) is 6.48. The molecule has 2 bridgehead atoms. The maximum atomic E-state index is 12.7. The van der Waals surface area contributed by atoms with Crippen LogP contribution in [0, 0.1) is 12.8 Å². The number of carbonyl (C=O) groups excluding carboxylic acids is 1. The summed E-state index contributed by atoms with van der Waals surface area (Å²) in [6, 6.07) is 12.4. The van der Waals surface area contributed by atoms with Crippen molar-refractivity contribution in [3.63, 3.8) is 0 Å². The minimum absolute atomic E-state index is 0.0226. The lowest BCUT2D eigenvalue weighted by molar-refractivity contribution is 0.0218. The van der Waals surface area contributed by atoms with E-state index in [9.17, 15) is 4.79 Å². The lowest BCUT2D eigenvalue weighted by Gasteiger charge is -2.49. The van der Waals surface area contributed by atoms with Crippen LogP contribution in [0.4, 0.5) is 0 Å². The lowest BCUT2D eigenvalue weighted by atomic mass is 9.79. The number of nitrogens with zero attached hydrogens (tertiary/aromatic N) is 1. The minimum Gasteiger partial charge on any atom is -0.447 e. The summed E-state index contributed by atoms with van der Waals surface area (Å²) in [5, 5.41) is 4.02. The molecule has 2 aromatic rings. The fourth-order valence-corrected chi connectivity index (χ4v) is 4.77. The van der Waals surface area contributed by atoms with Crippen molar-refractivity contribution >= 4 is 17.2 Å².